The van der Waals surface area contributed by atoms with E-state index in [4.69, 9.17) is 0 Å². The molecule has 0 rings (SSSR count). The van der Waals surface area contributed by atoms with Gasteiger partial charge in [-0.3, -0.25) is 0 Å². The molecule has 0 aromatic heterocycles. The van der Waals surface area contributed by atoms with E-state index in [2.05, 4.69) is 32.6 Å². The third kappa shape index (κ3) is 8.21. The molecule has 0 bridgehead atoms. The van der Waals surface area contributed by atoms with Crippen molar-refractivity contribution in [3.05, 3.63) is 0 Å². The Hall–Kier alpha value is -0.130. The number of aliphatic hydroxyl groups excluding tert-OH is 1. The fraction of sp³-hybridized carbons (Fsp3) is 0.818. The Morgan fingerprint density at radius 2 is 1.85 bits per heavy atom. The van der Waals surface area contributed by atoms with E-state index in [0.717, 1.165) is 5.75 Å². The molecule has 2 atom stereocenters. The van der Waals surface area contributed by atoms with Crippen LogP contribution in [-0.4, -0.2) is 22.2 Å². The van der Waals surface area contributed by atoms with Gasteiger partial charge in [-0.2, -0.15) is 0 Å². The van der Waals surface area contributed by atoms with Gasteiger partial charge in [0.2, 0.25) is 0 Å². The summed E-state index contributed by atoms with van der Waals surface area (Å²) in [6, 6.07) is 0. The molecule has 1 nitrogen and oxygen atoms in total. The zero-order valence-corrected chi connectivity index (χ0v) is 10.0. The van der Waals surface area contributed by atoms with Gasteiger partial charge in [0.25, 0.3) is 0 Å². The number of hydrogen-bond acceptors (Lipinski definition) is 2. The molecule has 2 heteroatoms. The molecule has 0 saturated heterocycles. The molecule has 0 spiro atoms. The molecular weight excluding hydrogens is 180 g/mol. The van der Waals surface area contributed by atoms with Crippen molar-refractivity contribution >= 4 is 11.8 Å². The van der Waals surface area contributed by atoms with Crippen molar-refractivity contribution in [1.29, 1.82) is 0 Å². The Kier molecular flexibility index (Phi) is 5.51. The summed E-state index contributed by atoms with van der Waals surface area (Å²) in [6.45, 7) is 10.1. The van der Waals surface area contributed by atoms with E-state index in [0.29, 0.717) is 0 Å². The first-order chi connectivity index (χ1) is 5.83. The summed E-state index contributed by atoms with van der Waals surface area (Å²) in [7, 11) is 0. The van der Waals surface area contributed by atoms with Gasteiger partial charge in [-0.25, -0.2) is 0 Å². The number of rotatable bonds is 3. The number of thioether (sulfide) groups is 1. The van der Waals surface area contributed by atoms with Crippen LogP contribution >= 0.6 is 11.8 Å². The Morgan fingerprint density at radius 1 is 1.31 bits per heavy atom. The summed E-state index contributed by atoms with van der Waals surface area (Å²) in [6.07, 6.45) is -0.249. The summed E-state index contributed by atoms with van der Waals surface area (Å²) in [4.78, 5) is 0. The van der Waals surface area contributed by atoms with Crippen molar-refractivity contribution < 1.29 is 5.11 Å². The van der Waals surface area contributed by atoms with Gasteiger partial charge in [-0.05, 0) is 27.7 Å². The van der Waals surface area contributed by atoms with Crippen LogP contribution in [0.1, 0.15) is 34.6 Å². The Bertz CT molecular complexity index is 192. The highest BCUT2D eigenvalue weighted by molar-refractivity contribution is 8.00. The van der Waals surface area contributed by atoms with Gasteiger partial charge in [-0.1, -0.05) is 18.8 Å². The van der Waals surface area contributed by atoms with Crippen LogP contribution in [-0.2, 0) is 0 Å². The van der Waals surface area contributed by atoms with Gasteiger partial charge >= 0.3 is 0 Å². The van der Waals surface area contributed by atoms with Gasteiger partial charge in [-0.15, -0.1) is 11.8 Å². The van der Waals surface area contributed by atoms with Crippen LogP contribution in [0.15, 0.2) is 0 Å². The van der Waals surface area contributed by atoms with E-state index in [1.165, 1.54) is 0 Å². The minimum absolute atomic E-state index is 0.0919. The van der Waals surface area contributed by atoms with Crippen LogP contribution in [0.5, 0.6) is 0 Å². The molecule has 13 heavy (non-hydrogen) atoms. The summed E-state index contributed by atoms with van der Waals surface area (Å²) < 4.78 is 0. The first-order valence-corrected chi connectivity index (χ1v) is 5.67. The highest BCUT2D eigenvalue weighted by Crippen LogP contribution is 2.14. The molecule has 0 aromatic rings. The highest BCUT2D eigenvalue weighted by Gasteiger charge is 2.07. The zero-order chi connectivity index (χ0) is 10.5. The largest absolute Gasteiger partial charge is 0.392 e. The van der Waals surface area contributed by atoms with Crippen molar-refractivity contribution in [3.63, 3.8) is 0 Å². The lowest BCUT2D eigenvalue weighted by Gasteiger charge is -2.12. The monoisotopic (exact) mass is 200 g/mol. The Balaban J connectivity index is 3.72. The van der Waals surface area contributed by atoms with E-state index in [-0.39, 0.29) is 16.8 Å². The van der Waals surface area contributed by atoms with Crippen LogP contribution in [0.4, 0.5) is 0 Å². The minimum atomic E-state index is -0.249. The van der Waals surface area contributed by atoms with Crippen LogP contribution in [0, 0.1) is 17.3 Å². The molecule has 0 aliphatic rings. The van der Waals surface area contributed by atoms with E-state index in [9.17, 15) is 5.11 Å². The molecule has 0 saturated carbocycles. The quantitative estimate of drug-likeness (QED) is 0.707. The van der Waals surface area contributed by atoms with Gasteiger partial charge in [0.15, 0.2) is 0 Å². The molecule has 0 aliphatic heterocycles. The molecule has 0 amide bonds. The maximum absolute atomic E-state index is 9.21. The average molecular weight is 200 g/mol. The Labute approximate surface area is 86.3 Å². The summed E-state index contributed by atoms with van der Waals surface area (Å²) >= 11 is 1.70. The van der Waals surface area contributed by atoms with Crippen LogP contribution in [0.25, 0.3) is 0 Å². The second-order valence-corrected chi connectivity index (χ2v) is 5.67. The number of hydrogen-bond donors (Lipinski definition) is 1. The SMILES string of the molecule is CC(O)C(C)SCC#CC(C)(C)C. The molecular formula is C11H20OS. The summed E-state index contributed by atoms with van der Waals surface area (Å²) in [5, 5.41) is 9.48. The highest BCUT2D eigenvalue weighted by atomic mass is 32.2. The predicted octanol–water partition coefficient (Wildman–Crippen LogP) is 2.54. The van der Waals surface area contributed by atoms with Crippen LogP contribution in [0.3, 0.4) is 0 Å². The maximum atomic E-state index is 9.21. The van der Waals surface area contributed by atoms with Gasteiger partial charge < -0.3 is 5.11 Å². The molecule has 76 valence electrons. The topological polar surface area (TPSA) is 20.2 Å². The third-order valence-electron chi connectivity index (χ3n) is 1.56. The van der Waals surface area contributed by atoms with Crippen molar-refractivity contribution in [3.8, 4) is 11.8 Å². The summed E-state index contributed by atoms with van der Waals surface area (Å²) in [5.41, 5.74) is 0.0919. The number of aliphatic hydroxyl groups is 1. The third-order valence-corrected chi connectivity index (χ3v) is 2.79. The zero-order valence-electron chi connectivity index (χ0n) is 9.22. The predicted molar refractivity (Wildman–Crippen MR) is 60.8 cm³/mol. The normalized spacial score (nSPS) is 15.8. The van der Waals surface area contributed by atoms with Gasteiger partial charge in [0, 0.05) is 10.7 Å². The van der Waals surface area contributed by atoms with E-state index in [1.54, 1.807) is 11.8 Å². The molecule has 2 unspecified atom stereocenters. The molecule has 1 N–H and O–H groups in total. The van der Waals surface area contributed by atoms with Crippen molar-refractivity contribution in [2.75, 3.05) is 5.75 Å². The average Bonchev–Trinajstić information content (AvgIpc) is 1.95. The maximum Gasteiger partial charge on any atom is 0.0628 e. The molecule has 0 fully saturated rings. The second-order valence-electron chi connectivity index (χ2n) is 4.31. The van der Waals surface area contributed by atoms with Crippen LogP contribution < -0.4 is 0 Å². The van der Waals surface area contributed by atoms with Gasteiger partial charge in [0.05, 0.1) is 11.9 Å². The lowest BCUT2D eigenvalue weighted by molar-refractivity contribution is 0.196. The smallest absolute Gasteiger partial charge is 0.0628 e. The fourth-order valence-electron chi connectivity index (χ4n) is 0.614. The lowest BCUT2D eigenvalue weighted by atomic mass is 9.98. The Morgan fingerprint density at radius 3 is 2.23 bits per heavy atom. The van der Waals surface area contributed by atoms with E-state index < -0.39 is 0 Å². The van der Waals surface area contributed by atoms with Crippen molar-refractivity contribution in [2.45, 2.75) is 46.0 Å². The molecule has 0 radical (unpaired) electrons. The lowest BCUT2D eigenvalue weighted by Crippen LogP contribution is -2.15. The molecule has 0 aromatic carbocycles. The second kappa shape index (κ2) is 5.57. The minimum Gasteiger partial charge on any atom is -0.392 e. The van der Waals surface area contributed by atoms with E-state index >= 15 is 0 Å². The summed E-state index contributed by atoms with van der Waals surface area (Å²) in [5.74, 6) is 7.09. The standard InChI is InChI=1S/C11H20OS/c1-9(12)10(2)13-8-6-7-11(3,4)5/h9-10,12H,8H2,1-5H3. The first-order valence-electron chi connectivity index (χ1n) is 4.62. The van der Waals surface area contributed by atoms with Crippen LogP contribution in [0.2, 0.25) is 0 Å². The first kappa shape index (κ1) is 12.9. The van der Waals surface area contributed by atoms with Crippen molar-refractivity contribution in [2.24, 2.45) is 5.41 Å². The van der Waals surface area contributed by atoms with E-state index in [1.807, 2.05) is 13.8 Å². The molecule has 0 aliphatic carbocycles. The van der Waals surface area contributed by atoms with Crippen molar-refractivity contribution in [1.82, 2.24) is 0 Å². The molecule has 0 heterocycles. The fourth-order valence-corrected chi connectivity index (χ4v) is 1.31. The van der Waals surface area contributed by atoms with Gasteiger partial charge in [0.1, 0.15) is 0 Å².